The highest BCUT2D eigenvalue weighted by Crippen LogP contribution is 2.11. The van der Waals surface area contributed by atoms with Crippen LogP contribution >= 0.6 is 0 Å². The number of anilines is 2. The molecule has 0 fully saturated rings. The fourth-order valence-electron chi connectivity index (χ4n) is 1.29. The van der Waals surface area contributed by atoms with Crippen LogP contribution in [-0.4, -0.2) is 9.97 Å². The van der Waals surface area contributed by atoms with Crippen molar-refractivity contribution >= 4 is 11.5 Å². The van der Waals surface area contributed by atoms with Crippen LogP contribution in [0.15, 0.2) is 22.7 Å². The quantitative estimate of drug-likeness (QED) is 0.822. The van der Waals surface area contributed by atoms with Gasteiger partial charge in [0.25, 0.3) is 0 Å². The second-order valence-corrected chi connectivity index (χ2v) is 3.58. The van der Waals surface area contributed by atoms with E-state index in [2.05, 4.69) is 15.3 Å². The first-order valence-corrected chi connectivity index (χ1v) is 5.03. The van der Waals surface area contributed by atoms with Gasteiger partial charge in [-0.05, 0) is 26.0 Å². The van der Waals surface area contributed by atoms with E-state index in [1.165, 1.54) is 0 Å². The largest absolute Gasteiger partial charge is 0.444 e. The van der Waals surface area contributed by atoms with Crippen molar-refractivity contribution in [3.8, 4) is 0 Å². The predicted molar refractivity (Wildman–Crippen MR) is 62.0 cm³/mol. The third-order valence-corrected chi connectivity index (χ3v) is 2.28. The van der Waals surface area contributed by atoms with Crippen LogP contribution in [0.2, 0.25) is 0 Å². The van der Waals surface area contributed by atoms with Gasteiger partial charge in [0.1, 0.15) is 11.6 Å². The second-order valence-electron chi connectivity index (χ2n) is 3.58. The van der Waals surface area contributed by atoms with Crippen molar-refractivity contribution in [3.63, 3.8) is 0 Å². The molecular formula is C11H14N4O. The number of nitrogen functional groups attached to an aromatic ring is 1. The van der Waals surface area contributed by atoms with E-state index in [1.807, 2.05) is 19.9 Å². The number of pyridine rings is 1. The Labute approximate surface area is 93.7 Å². The molecule has 0 spiro atoms. The minimum atomic E-state index is 0.519. The highest BCUT2D eigenvalue weighted by Gasteiger charge is 2.04. The van der Waals surface area contributed by atoms with Crippen LogP contribution in [0.4, 0.5) is 11.5 Å². The normalized spacial score (nSPS) is 10.4. The van der Waals surface area contributed by atoms with E-state index in [-0.39, 0.29) is 0 Å². The van der Waals surface area contributed by atoms with Crippen molar-refractivity contribution in [2.45, 2.75) is 20.4 Å². The third-order valence-electron chi connectivity index (χ3n) is 2.28. The molecule has 5 nitrogen and oxygen atoms in total. The molecule has 84 valence electrons. The summed E-state index contributed by atoms with van der Waals surface area (Å²) in [6.45, 7) is 4.34. The average molecular weight is 218 g/mol. The van der Waals surface area contributed by atoms with Gasteiger partial charge in [0.2, 0.25) is 5.89 Å². The van der Waals surface area contributed by atoms with E-state index in [4.69, 9.17) is 10.2 Å². The zero-order chi connectivity index (χ0) is 11.5. The molecule has 2 rings (SSSR count). The van der Waals surface area contributed by atoms with Gasteiger partial charge in [-0.15, -0.1) is 0 Å². The summed E-state index contributed by atoms with van der Waals surface area (Å²) in [5.41, 5.74) is 7.10. The van der Waals surface area contributed by atoms with Gasteiger partial charge < -0.3 is 15.5 Å². The summed E-state index contributed by atoms with van der Waals surface area (Å²) in [4.78, 5) is 8.38. The SMILES string of the molecule is Cc1nc(CNc2ccc(N)cn2)oc1C. The van der Waals surface area contributed by atoms with Gasteiger partial charge in [0.15, 0.2) is 0 Å². The second kappa shape index (κ2) is 4.22. The predicted octanol–water partition coefficient (Wildman–Crippen LogP) is 1.88. The highest BCUT2D eigenvalue weighted by atomic mass is 16.4. The Bertz CT molecular complexity index is 456. The zero-order valence-corrected chi connectivity index (χ0v) is 9.32. The van der Waals surface area contributed by atoms with Gasteiger partial charge in [0, 0.05) is 0 Å². The Morgan fingerprint density at radius 2 is 2.19 bits per heavy atom. The van der Waals surface area contributed by atoms with E-state index in [9.17, 15) is 0 Å². The number of nitrogens with one attached hydrogen (secondary N) is 1. The first-order chi connectivity index (χ1) is 7.65. The fraction of sp³-hybridized carbons (Fsp3) is 0.273. The van der Waals surface area contributed by atoms with E-state index >= 15 is 0 Å². The van der Waals surface area contributed by atoms with Crippen LogP contribution in [0.3, 0.4) is 0 Å². The van der Waals surface area contributed by atoms with E-state index < -0.39 is 0 Å². The molecule has 0 atom stereocenters. The number of nitrogens with zero attached hydrogens (tertiary/aromatic N) is 2. The maximum Gasteiger partial charge on any atom is 0.213 e. The van der Waals surface area contributed by atoms with Gasteiger partial charge in [-0.3, -0.25) is 0 Å². The summed E-state index contributed by atoms with van der Waals surface area (Å²) in [7, 11) is 0. The van der Waals surface area contributed by atoms with Crippen LogP contribution in [0.5, 0.6) is 0 Å². The Balaban J connectivity index is 1.99. The van der Waals surface area contributed by atoms with Crippen LogP contribution in [0, 0.1) is 13.8 Å². The lowest BCUT2D eigenvalue weighted by molar-refractivity contribution is 0.478. The molecule has 0 radical (unpaired) electrons. The van der Waals surface area contributed by atoms with Gasteiger partial charge in [-0.25, -0.2) is 9.97 Å². The molecular weight excluding hydrogens is 204 g/mol. The molecule has 2 aromatic heterocycles. The Hall–Kier alpha value is -2.04. The van der Waals surface area contributed by atoms with E-state index in [0.717, 1.165) is 17.3 Å². The lowest BCUT2D eigenvalue weighted by Gasteiger charge is -2.02. The molecule has 2 heterocycles. The molecule has 0 saturated carbocycles. The van der Waals surface area contributed by atoms with Crippen molar-refractivity contribution in [3.05, 3.63) is 35.7 Å². The molecule has 0 aliphatic heterocycles. The minimum absolute atomic E-state index is 0.519. The van der Waals surface area contributed by atoms with Crippen molar-refractivity contribution in [1.82, 2.24) is 9.97 Å². The van der Waals surface area contributed by atoms with E-state index in [1.54, 1.807) is 12.3 Å². The van der Waals surface area contributed by atoms with Crippen LogP contribution in [-0.2, 0) is 6.54 Å². The van der Waals surface area contributed by atoms with Crippen molar-refractivity contribution < 1.29 is 4.42 Å². The molecule has 0 bridgehead atoms. The number of hydrogen-bond acceptors (Lipinski definition) is 5. The molecule has 0 aromatic carbocycles. The molecule has 0 unspecified atom stereocenters. The van der Waals surface area contributed by atoms with Gasteiger partial charge in [-0.1, -0.05) is 0 Å². The molecule has 16 heavy (non-hydrogen) atoms. The van der Waals surface area contributed by atoms with Crippen LogP contribution < -0.4 is 11.1 Å². The van der Waals surface area contributed by atoms with Crippen molar-refractivity contribution in [2.24, 2.45) is 0 Å². The summed E-state index contributed by atoms with van der Waals surface area (Å²) in [6.07, 6.45) is 1.61. The van der Waals surface area contributed by atoms with Gasteiger partial charge >= 0.3 is 0 Å². The van der Waals surface area contributed by atoms with Crippen LogP contribution in [0.25, 0.3) is 0 Å². The molecule has 2 aromatic rings. The van der Waals surface area contributed by atoms with Crippen molar-refractivity contribution in [2.75, 3.05) is 11.1 Å². The maximum absolute atomic E-state index is 5.54. The first kappa shape index (κ1) is 10.5. The number of hydrogen-bond donors (Lipinski definition) is 2. The maximum atomic E-state index is 5.54. The molecule has 0 aliphatic carbocycles. The Morgan fingerprint density at radius 1 is 1.38 bits per heavy atom. The molecule has 0 aliphatic rings. The summed E-state index contributed by atoms with van der Waals surface area (Å²) in [5.74, 6) is 2.26. The smallest absolute Gasteiger partial charge is 0.213 e. The molecule has 3 N–H and O–H groups in total. The summed E-state index contributed by atoms with van der Waals surface area (Å²) >= 11 is 0. The number of rotatable bonds is 3. The standard InChI is InChI=1S/C11H14N4O/c1-7-8(2)16-11(15-7)6-14-10-4-3-9(12)5-13-10/h3-5H,6,12H2,1-2H3,(H,13,14). The van der Waals surface area contributed by atoms with Gasteiger partial charge in [0.05, 0.1) is 24.1 Å². The average Bonchev–Trinajstić information content (AvgIpc) is 2.58. The molecule has 0 amide bonds. The van der Waals surface area contributed by atoms with Crippen LogP contribution in [0.1, 0.15) is 17.3 Å². The number of aromatic nitrogens is 2. The molecule has 0 saturated heterocycles. The Morgan fingerprint density at radius 3 is 2.75 bits per heavy atom. The minimum Gasteiger partial charge on any atom is -0.444 e. The zero-order valence-electron chi connectivity index (χ0n) is 9.32. The van der Waals surface area contributed by atoms with Gasteiger partial charge in [-0.2, -0.15) is 0 Å². The Kier molecular flexibility index (Phi) is 2.76. The lowest BCUT2D eigenvalue weighted by Crippen LogP contribution is -2.01. The van der Waals surface area contributed by atoms with Crippen molar-refractivity contribution in [1.29, 1.82) is 0 Å². The summed E-state index contributed by atoms with van der Waals surface area (Å²) in [5, 5.41) is 3.11. The summed E-state index contributed by atoms with van der Waals surface area (Å²) in [6, 6.07) is 3.61. The summed E-state index contributed by atoms with van der Waals surface area (Å²) < 4.78 is 5.43. The fourth-order valence-corrected chi connectivity index (χ4v) is 1.29. The topological polar surface area (TPSA) is 77.0 Å². The number of aryl methyl sites for hydroxylation is 2. The highest BCUT2D eigenvalue weighted by molar-refractivity contribution is 5.43. The lowest BCUT2D eigenvalue weighted by atomic mass is 10.4. The van der Waals surface area contributed by atoms with E-state index in [0.29, 0.717) is 18.1 Å². The first-order valence-electron chi connectivity index (χ1n) is 5.03. The monoisotopic (exact) mass is 218 g/mol. The third kappa shape index (κ3) is 2.31. The number of oxazole rings is 1. The molecule has 5 heteroatoms. The number of nitrogens with two attached hydrogens (primary N) is 1.